The minimum atomic E-state index is -0.377. The first-order valence-electron chi connectivity index (χ1n) is 8.82. The molecule has 0 saturated carbocycles. The number of nitrogens with one attached hydrogen (secondary N) is 2. The molecule has 2 fully saturated rings. The zero-order valence-corrected chi connectivity index (χ0v) is 14.5. The SMILES string of the molecule is O=C(Nc1ccc(F)cc1)N[C@H]1COC2C1OC[C@H]2C#Cc1ccccc1. The van der Waals surface area contributed by atoms with Gasteiger partial charge in [-0.05, 0) is 36.4 Å². The van der Waals surface area contributed by atoms with Crippen molar-refractivity contribution < 1.29 is 18.7 Å². The Kier molecular flexibility index (Phi) is 5.05. The van der Waals surface area contributed by atoms with Crippen LogP contribution in [0, 0.1) is 23.6 Å². The number of hydrogen-bond donors (Lipinski definition) is 2. The first-order chi connectivity index (χ1) is 13.2. The van der Waals surface area contributed by atoms with Crippen molar-refractivity contribution in [3.63, 3.8) is 0 Å². The van der Waals surface area contributed by atoms with Crippen molar-refractivity contribution >= 4 is 11.7 Å². The Morgan fingerprint density at radius 1 is 1.00 bits per heavy atom. The maximum atomic E-state index is 12.9. The van der Waals surface area contributed by atoms with Crippen molar-refractivity contribution in [2.45, 2.75) is 18.2 Å². The van der Waals surface area contributed by atoms with Gasteiger partial charge in [-0.15, -0.1) is 0 Å². The lowest BCUT2D eigenvalue weighted by atomic mass is 10.0. The molecule has 2 unspecified atom stereocenters. The van der Waals surface area contributed by atoms with Crippen LogP contribution in [-0.2, 0) is 9.47 Å². The molecule has 6 heteroatoms. The molecule has 0 aromatic heterocycles. The van der Waals surface area contributed by atoms with Crippen molar-refractivity contribution in [1.82, 2.24) is 5.32 Å². The van der Waals surface area contributed by atoms with Crippen LogP contribution in [0.2, 0.25) is 0 Å². The fourth-order valence-electron chi connectivity index (χ4n) is 3.31. The Morgan fingerprint density at radius 2 is 1.74 bits per heavy atom. The summed E-state index contributed by atoms with van der Waals surface area (Å²) in [5, 5.41) is 5.54. The highest BCUT2D eigenvalue weighted by Gasteiger charge is 2.47. The number of benzene rings is 2. The number of carbonyl (C=O) groups excluding carboxylic acids is 1. The van der Waals surface area contributed by atoms with Crippen molar-refractivity contribution in [1.29, 1.82) is 0 Å². The molecule has 0 radical (unpaired) electrons. The summed E-state index contributed by atoms with van der Waals surface area (Å²) in [6.45, 7) is 0.850. The normalized spacial score (nSPS) is 26.0. The van der Waals surface area contributed by atoms with Crippen LogP contribution in [-0.4, -0.2) is 37.5 Å². The molecule has 0 spiro atoms. The van der Waals surface area contributed by atoms with Crippen molar-refractivity contribution in [2.24, 2.45) is 5.92 Å². The smallest absolute Gasteiger partial charge is 0.319 e. The minimum absolute atomic E-state index is 0.0258. The molecular formula is C21H19FN2O3. The monoisotopic (exact) mass is 366 g/mol. The predicted octanol–water partition coefficient (Wildman–Crippen LogP) is 2.78. The Bertz CT molecular complexity index is 860. The molecular weight excluding hydrogens is 347 g/mol. The van der Waals surface area contributed by atoms with Gasteiger partial charge >= 0.3 is 6.03 Å². The van der Waals surface area contributed by atoms with Crippen LogP contribution in [0.4, 0.5) is 14.9 Å². The summed E-state index contributed by atoms with van der Waals surface area (Å²) in [6, 6.07) is 14.7. The highest BCUT2D eigenvalue weighted by Crippen LogP contribution is 2.31. The number of halogens is 1. The van der Waals surface area contributed by atoms with Gasteiger partial charge in [0.2, 0.25) is 0 Å². The molecule has 4 rings (SSSR count). The third kappa shape index (κ3) is 4.11. The lowest BCUT2D eigenvalue weighted by Gasteiger charge is -2.17. The number of rotatable bonds is 2. The molecule has 5 nitrogen and oxygen atoms in total. The average Bonchev–Trinajstić information content (AvgIpc) is 3.26. The molecule has 2 aliphatic rings. The topological polar surface area (TPSA) is 59.6 Å². The molecule has 0 aliphatic carbocycles. The molecule has 2 aliphatic heterocycles. The number of urea groups is 1. The van der Waals surface area contributed by atoms with E-state index < -0.39 is 0 Å². The molecule has 2 amide bonds. The first kappa shape index (κ1) is 17.5. The molecule has 2 aromatic carbocycles. The van der Waals surface area contributed by atoms with Gasteiger partial charge in [-0.1, -0.05) is 30.0 Å². The Hall–Kier alpha value is -2.88. The average molecular weight is 366 g/mol. The van der Waals surface area contributed by atoms with E-state index in [9.17, 15) is 9.18 Å². The second kappa shape index (κ2) is 7.78. The lowest BCUT2D eigenvalue weighted by Crippen LogP contribution is -2.45. The zero-order chi connectivity index (χ0) is 18.6. The second-order valence-corrected chi connectivity index (χ2v) is 6.55. The quantitative estimate of drug-likeness (QED) is 0.804. The molecule has 4 atom stereocenters. The number of anilines is 1. The summed E-state index contributed by atoms with van der Waals surface area (Å²) in [5.41, 5.74) is 1.47. The van der Waals surface area contributed by atoms with Crippen LogP contribution in [0.1, 0.15) is 5.56 Å². The fourth-order valence-corrected chi connectivity index (χ4v) is 3.31. The number of amides is 2. The van der Waals surface area contributed by atoms with Gasteiger partial charge < -0.3 is 20.1 Å². The van der Waals surface area contributed by atoms with Gasteiger partial charge in [0.25, 0.3) is 0 Å². The lowest BCUT2D eigenvalue weighted by molar-refractivity contribution is 0.0666. The van der Waals surface area contributed by atoms with Crippen LogP contribution in [0.3, 0.4) is 0 Å². The Balaban J connectivity index is 1.34. The summed E-state index contributed by atoms with van der Waals surface area (Å²) in [7, 11) is 0. The van der Waals surface area contributed by atoms with Crippen LogP contribution in [0.15, 0.2) is 54.6 Å². The molecule has 0 bridgehead atoms. The minimum Gasteiger partial charge on any atom is -0.372 e. The molecule has 2 aromatic rings. The summed E-state index contributed by atoms with van der Waals surface area (Å²) in [4.78, 5) is 12.2. The van der Waals surface area contributed by atoms with Crippen LogP contribution >= 0.6 is 0 Å². The Morgan fingerprint density at radius 3 is 2.52 bits per heavy atom. The molecule has 2 heterocycles. The summed E-state index contributed by atoms with van der Waals surface area (Å²) < 4.78 is 24.6. The second-order valence-electron chi connectivity index (χ2n) is 6.55. The van der Waals surface area contributed by atoms with E-state index in [0.29, 0.717) is 18.9 Å². The van der Waals surface area contributed by atoms with E-state index in [2.05, 4.69) is 22.5 Å². The molecule has 2 saturated heterocycles. The largest absolute Gasteiger partial charge is 0.372 e. The van der Waals surface area contributed by atoms with E-state index in [1.54, 1.807) is 0 Å². The number of fused-ring (bicyclic) bond motifs is 1. The van der Waals surface area contributed by atoms with E-state index in [4.69, 9.17) is 9.47 Å². The van der Waals surface area contributed by atoms with Crippen LogP contribution in [0.5, 0.6) is 0 Å². The first-order valence-corrected chi connectivity index (χ1v) is 8.82. The van der Waals surface area contributed by atoms with E-state index >= 15 is 0 Å². The highest BCUT2D eigenvalue weighted by atomic mass is 19.1. The third-order valence-corrected chi connectivity index (χ3v) is 4.65. The zero-order valence-electron chi connectivity index (χ0n) is 14.5. The molecule has 2 N–H and O–H groups in total. The summed E-state index contributed by atoms with van der Waals surface area (Å²) in [5.74, 6) is 6.00. The van der Waals surface area contributed by atoms with Crippen molar-refractivity contribution in [2.75, 3.05) is 18.5 Å². The number of ether oxygens (including phenoxy) is 2. The maximum absolute atomic E-state index is 12.9. The molecule has 27 heavy (non-hydrogen) atoms. The highest BCUT2D eigenvalue weighted by molar-refractivity contribution is 5.89. The van der Waals surface area contributed by atoms with Gasteiger partial charge in [0, 0.05) is 11.3 Å². The Labute approximate surface area is 156 Å². The van der Waals surface area contributed by atoms with E-state index in [0.717, 1.165) is 5.56 Å². The van der Waals surface area contributed by atoms with Gasteiger partial charge in [-0.25, -0.2) is 9.18 Å². The van der Waals surface area contributed by atoms with Gasteiger partial charge in [-0.2, -0.15) is 0 Å². The maximum Gasteiger partial charge on any atom is 0.319 e. The number of hydrogen-bond acceptors (Lipinski definition) is 3. The van der Waals surface area contributed by atoms with Crippen LogP contribution < -0.4 is 10.6 Å². The van der Waals surface area contributed by atoms with Crippen molar-refractivity contribution in [3.8, 4) is 11.8 Å². The fraction of sp³-hybridized carbons (Fsp3) is 0.286. The standard InChI is InChI=1S/C21H19FN2O3/c22-16-8-10-17(11-9-16)23-21(25)24-18-13-27-19-15(12-26-20(18)19)7-6-14-4-2-1-3-5-14/h1-5,8-11,15,18-20H,12-13H2,(H2,23,24,25)/t15-,18+,19?,20?/m1/s1. The number of carbonyl (C=O) groups is 1. The van der Waals surface area contributed by atoms with Gasteiger partial charge in [0.1, 0.15) is 18.0 Å². The van der Waals surface area contributed by atoms with E-state index in [-0.39, 0.29) is 36.0 Å². The van der Waals surface area contributed by atoms with Crippen LogP contribution in [0.25, 0.3) is 0 Å². The molecule has 138 valence electrons. The third-order valence-electron chi connectivity index (χ3n) is 4.65. The summed E-state index contributed by atoms with van der Waals surface area (Å²) in [6.07, 6.45) is -0.378. The van der Waals surface area contributed by atoms with Gasteiger partial charge in [0.05, 0.1) is 25.2 Å². The summed E-state index contributed by atoms with van der Waals surface area (Å²) >= 11 is 0. The van der Waals surface area contributed by atoms with Crippen molar-refractivity contribution in [3.05, 3.63) is 66.0 Å². The van der Waals surface area contributed by atoms with Gasteiger partial charge in [0.15, 0.2) is 0 Å². The van der Waals surface area contributed by atoms with Gasteiger partial charge in [-0.3, -0.25) is 0 Å². The predicted molar refractivity (Wildman–Crippen MR) is 98.6 cm³/mol. The van der Waals surface area contributed by atoms with E-state index in [1.807, 2.05) is 30.3 Å². The van der Waals surface area contributed by atoms with E-state index in [1.165, 1.54) is 24.3 Å².